The smallest absolute Gasteiger partial charge is 0.0497 e. The summed E-state index contributed by atoms with van der Waals surface area (Å²) < 4.78 is 1.18. The Bertz CT molecular complexity index is 260. The average molecular weight is 282 g/mol. The first-order chi connectivity index (χ1) is 5.11. The number of benzene rings is 1. The van der Waals surface area contributed by atoms with Crippen molar-refractivity contribution in [2.75, 3.05) is 19.0 Å². The summed E-state index contributed by atoms with van der Waals surface area (Å²) in [6, 6.07) is 5.88. The number of halogens is 2. The van der Waals surface area contributed by atoms with Gasteiger partial charge >= 0.3 is 0 Å². The Balaban J connectivity index is 3.09. The lowest BCUT2D eigenvalue weighted by molar-refractivity contribution is 1.12. The zero-order chi connectivity index (χ0) is 8.43. The van der Waals surface area contributed by atoms with Gasteiger partial charge in [0.25, 0.3) is 0 Å². The Morgan fingerprint density at radius 3 is 2.45 bits per heavy atom. The van der Waals surface area contributed by atoms with Crippen LogP contribution >= 0.6 is 34.2 Å². The fourth-order valence-electron chi connectivity index (χ4n) is 0.844. The molecule has 1 nitrogen and oxygen atoms in total. The second kappa shape index (κ2) is 3.63. The van der Waals surface area contributed by atoms with Crippen LogP contribution in [0.25, 0.3) is 0 Å². The molecule has 0 fully saturated rings. The maximum absolute atomic E-state index is 5.80. The molecule has 60 valence electrons. The van der Waals surface area contributed by atoms with Crippen molar-refractivity contribution in [2.24, 2.45) is 0 Å². The van der Waals surface area contributed by atoms with Crippen molar-refractivity contribution in [3.63, 3.8) is 0 Å². The fourth-order valence-corrected chi connectivity index (χ4v) is 2.20. The van der Waals surface area contributed by atoms with Crippen molar-refractivity contribution in [1.82, 2.24) is 0 Å². The van der Waals surface area contributed by atoms with Gasteiger partial charge in [-0.1, -0.05) is 11.6 Å². The molecule has 0 bridgehead atoms. The topological polar surface area (TPSA) is 3.24 Å². The van der Waals surface area contributed by atoms with Gasteiger partial charge in [0, 0.05) is 28.4 Å². The minimum absolute atomic E-state index is 0.792. The van der Waals surface area contributed by atoms with Gasteiger partial charge < -0.3 is 4.90 Å². The van der Waals surface area contributed by atoms with Crippen LogP contribution in [0.3, 0.4) is 0 Å². The van der Waals surface area contributed by atoms with E-state index in [2.05, 4.69) is 27.5 Å². The van der Waals surface area contributed by atoms with Crippen molar-refractivity contribution >= 4 is 39.9 Å². The van der Waals surface area contributed by atoms with Gasteiger partial charge in [-0.15, -0.1) is 0 Å². The summed E-state index contributed by atoms with van der Waals surface area (Å²) in [7, 11) is 4.04. The van der Waals surface area contributed by atoms with Gasteiger partial charge in [-0.2, -0.15) is 0 Å². The second-order valence-electron chi connectivity index (χ2n) is 2.49. The highest BCUT2D eigenvalue weighted by Crippen LogP contribution is 2.23. The number of hydrogen-bond acceptors (Lipinski definition) is 1. The average Bonchev–Trinajstić information content (AvgIpc) is 1.85. The molecule has 1 aromatic carbocycles. The quantitative estimate of drug-likeness (QED) is 0.715. The minimum Gasteiger partial charge on any atom is -0.377 e. The summed E-state index contributed by atoms with van der Waals surface area (Å²) in [4.78, 5) is 2.07. The molecule has 0 heterocycles. The van der Waals surface area contributed by atoms with E-state index in [1.807, 2.05) is 32.3 Å². The zero-order valence-electron chi connectivity index (χ0n) is 6.44. The molecule has 0 spiro atoms. The lowest BCUT2D eigenvalue weighted by atomic mass is 10.3. The summed E-state index contributed by atoms with van der Waals surface area (Å²) in [6.45, 7) is 0. The normalized spacial score (nSPS) is 9.82. The van der Waals surface area contributed by atoms with Crippen LogP contribution in [0.15, 0.2) is 18.2 Å². The SMILES string of the molecule is CN(C)c1ccc(Cl)cc1I. The Hall–Kier alpha value is 0.0400. The molecule has 0 aromatic heterocycles. The molecular formula is C8H9ClIN. The molecule has 1 aromatic rings. The van der Waals surface area contributed by atoms with Crippen molar-refractivity contribution in [2.45, 2.75) is 0 Å². The number of rotatable bonds is 1. The molecule has 0 amide bonds. The summed E-state index contributed by atoms with van der Waals surface area (Å²) >= 11 is 8.07. The van der Waals surface area contributed by atoms with Crippen molar-refractivity contribution in [3.8, 4) is 0 Å². The van der Waals surface area contributed by atoms with E-state index in [4.69, 9.17) is 11.6 Å². The van der Waals surface area contributed by atoms with Crippen molar-refractivity contribution in [1.29, 1.82) is 0 Å². The van der Waals surface area contributed by atoms with Gasteiger partial charge in [0.15, 0.2) is 0 Å². The van der Waals surface area contributed by atoms with E-state index in [-0.39, 0.29) is 0 Å². The van der Waals surface area contributed by atoms with Crippen LogP contribution in [0.5, 0.6) is 0 Å². The molecule has 0 unspecified atom stereocenters. The number of nitrogens with zero attached hydrogens (tertiary/aromatic N) is 1. The van der Waals surface area contributed by atoms with Crippen molar-refractivity contribution in [3.05, 3.63) is 26.8 Å². The van der Waals surface area contributed by atoms with Gasteiger partial charge in [0.2, 0.25) is 0 Å². The van der Waals surface area contributed by atoms with Gasteiger partial charge in [-0.3, -0.25) is 0 Å². The highest BCUT2D eigenvalue weighted by Gasteiger charge is 2.00. The first-order valence-corrected chi connectivity index (χ1v) is 4.69. The van der Waals surface area contributed by atoms with E-state index in [0.29, 0.717) is 0 Å². The summed E-state index contributed by atoms with van der Waals surface area (Å²) in [6.07, 6.45) is 0. The third-order valence-electron chi connectivity index (χ3n) is 1.39. The van der Waals surface area contributed by atoms with E-state index in [0.717, 1.165) is 5.02 Å². The van der Waals surface area contributed by atoms with E-state index < -0.39 is 0 Å². The van der Waals surface area contributed by atoms with Gasteiger partial charge in [-0.05, 0) is 40.8 Å². The number of hydrogen-bond donors (Lipinski definition) is 0. The van der Waals surface area contributed by atoms with Crippen LogP contribution < -0.4 is 4.90 Å². The molecule has 0 atom stereocenters. The first-order valence-electron chi connectivity index (χ1n) is 3.23. The zero-order valence-corrected chi connectivity index (χ0v) is 9.35. The Morgan fingerprint density at radius 2 is 2.00 bits per heavy atom. The molecular weight excluding hydrogens is 272 g/mol. The molecule has 3 heteroatoms. The molecule has 11 heavy (non-hydrogen) atoms. The molecule has 0 N–H and O–H groups in total. The Labute approximate surface area is 85.5 Å². The lowest BCUT2D eigenvalue weighted by Gasteiger charge is -2.14. The van der Waals surface area contributed by atoms with E-state index in [1.54, 1.807) is 0 Å². The van der Waals surface area contributed by atoms with E-state index >= 15 is 0 Å². The van der Waals surface area contributed by atoms with Crippen molar-refractivity contribution < 1.29 is 0 Å². The van der Waals surface area contributed by atoms with Crippen LogP contribution in [0.1, 0.15) is 0 Å². The maximum atomic E-state index is 5.80. The van der Waals surface area contributed by atoms with Gasteiger partial charge in [0.1, 0.15) is 0 Å². The monoisotopic (exact) mass is 281 g/mol. The molecule has 0 radical (unpaired) electrons. The second-order valence-corrected chi connectivity index (χ2v) is 4.09. The number of anilines is 1. The van der Waals surface area contributed by atoms with Crippen LogP contribution in [0, 0.1) is 3.57 Å². The predicted molar refractivity (Wildman–Crippen MR) is 58.5 cm³/mol. The molecule has 1 rings (SSSR count). The van der Waals surface area contributed by atoms with Crippen LogP contribution in [0.4, 0.5) is 5.69 Å². The van der Waals surface area contributed by atoms with Crippen LogP contribution in [-0.4, -0.2) is 14.1 Å². The third-order valence-corrected chi connectivity index (χ3v) is 2.49. The summed E-state index contributed by atoms with van der Waals surface area (Å²) in [5, 5.41) is 0.792. The van der Waals surface area contributed by atoms with Crippen LogP contribution in [0.2, 0.25) is 5.02 Å². The Kier molecular flexibility index (Phi) is 3.01. The minimum atomic E-state index is 0.792. The first kappa shape index (κ1) is 9.13. The summed E-state index contributed by atoms with van der Waals surface area (Å²) in [5.41, 5.74) is 1.20. The van der Waals surface area contributed by atoms with Gasteiger partial charge in [0.05, 0.1) is 0 Å². The summed E-state index contributed by atoms with van der Waals surface area (Å²) in [5.74, 6) is 0. The molecule has 0 aliphatic rings. The largest absolute Gasteiger partial charge is 0.377 e. The van der Waals surface area contributed by atoms with Crippen LogP contribution in [-0.2, 0) is 0 Å². The highest BCUT2D eigenvalue weighted by atomic mass is 127. The van der Waals surface area contributed by atoms with E-state index in [9.17, 15) is 0 Å². The van der Waals surface area contributed by atoms with E-state index in [1.165, 1.54) is 9.26 Å². The molecule has 0 saturated carbocycles. The Morgan fingerprint density at radius 1 is 1.36 bits per heavy atom. The van der Waals surface area contributed by atoms with Gasteiger partial charge in [-0.25, -0.2) is 0 Å². The lowest BCUT2D eigenvalue weighted by Crippen LogP contribution is -2.09. The maximum Gasteiger partial charge on any atom is 0.0497 e. The standard InChI is InChI=1S/C8H9ClIN/c1-11(2)8-4-3-6(9)5-7(8)10/h3-5H,1-2H3. The molecule has 0 saturated heterocycles. The third kappa shape index (κ3) is 2.24. The molecule has 0 aliphatic carbocycles. The fraction of sp³-hybridized carbons (Fsp3) is 0.250. The predicted octanol–water partition coefficient (Wildman–Crippen LogP) is 3.01. The molecule has 0 aliphatic heterocycles. The highest BCUT2D eigenvalue weighted by molar-refractivity contribution is 14.1.